The molecule has 0 spiro atoms. The summed E-state index contributed by atoms with van der Waals surface area (Å²) in [6.07, 6.45) is 1.56. The summed E-state index contributed by atoms with van der Waals surface area (Å²) in [4.78, 5) is 16.3. The fourth-order valence-electron chi connectivity index (χ4n) is 2.07. The van der Waals surface area contributed by atoms with Gasteiger partial charge in [-0.25, -0.2) is 9.78 Å². The lowest BCUT2D eigenvalue weighted by Gasteiger charge is -2.16. The Hall–Kier alpha value is -2.34. The summed E-state index contributed by atoms with van der Waals surface area (Å²) >= 11 is 0. The number of nitrogens with zero attached hydrogens (tertiary/aromatic N) is 1. The highest BCUT2D eigenvalue weighted by Crippen LogP contribution is 2.14. The Morgan fingerprint density at radius 2 is 2.24 bits per heavy atom. The number of aryl methyl sites for hydroxylation is 2. The van der Waals surface area contributed by atoms with Gasteiger partial charge in [0.1, 0.15) is 17.6 Å². The Kier molecular flexibility index (Phi) is 4.94. The molecule has 0 bridgehead atoms. The van der Waals surface area contributed by atoms with Crippen molar-refractivity contribution < 1.29 is 13.9 Å². The molecule has 0 aliphatic rings. The van der Waals surface area contributed by atoms with E-state index in [-0.39, 0.29) is 12.1 Å². The minimum Gasteiger partial charge on any atom is -0.467 e. The normalized spacial score (nSPS) is 12.0. The van der Waals surface area contributed by atoms with E-state index in [0.717, 1.165) is 11.3 Å². The number of ether oxygens (including phenoxy) is 1. The number of methoxy groups -OCH3 is 1. The Morgan fingerprint density at radius 3 is 2.86 bits per heavy atom. The van der Waals surface area contributed by atoms with Crippen molar-refractivity contribution in [3.05, 3.63) is 47.5 Å². The maximum atomic E-state index is 12.1. The molecule has 2 aromatic rings. The molecule has 2 aromatic heterocycles. The van der Waals surface area contributed by atoms with Crippen LogP contribution in [0.3, 0.4) is 0 Å². The van der Waals surface area contributed by atoms with Crippen LogP contribution in [0.5, 0.6) is 0 Å². The molecule has 2 amide bonds. The summed E-state index contributed by atoms with van der Waals surface area (Å²) in [5, 5.41) is 5.51. The molecule has 1 unspecified atom stereocenters. The van der Waals surface area contributed by atoms with Crippen LogP contribution in [0.2, 0.25) is 0 Å². The number of rotatable bonds is 5. The number of furan rings is 1. The molecule has 6 heteroatoms. The zero-order chi connectivity index (χ0) is 15.2. The summed E-state index contributed by atoms with van der Waals surface area (Å²) < 4.78 is 10.4. The molecule has 21 heavy (non-hydrogen) atoms. The van der Waals surface area contributed by atoms with Gasteiger partial charge in [-0.2, -0.15) is 0 Å². The van der Waals surface area contributed by atoms with Crippen molar-refractivity contribution in [1.29, 1.82) is 0 Å². The van der Waals surface area contributed by atoms with Crippen LogP contribution in [0, 0.1) is 13.8 Å². The Morgan fingerprint density at radius 1 is 1.43 bits per heavy atom. The van der Waals surface area contributed by atoms with Crippen molar-refractivity contribution in [1.82, 2.24) is 10.3 Å². The van der Waals surface area contributed by atoms with Crippen molar-refractivity contribution >= 4 is 11.8 Å². The number of hydrogen-bond donors (Lipinski definition) is 2. The van der Waals surface area contributed by atoms with Crippen LogP contribution < -0.4 is 10.6 Å². The fourth-order valence-corrected chi connectivity index (χ4v) is 2.07. The summed E-state index contributed by atoms with van der Waals surface area (Å²) in [6, 6.07) is 6.61. The molecular formula is C15H19N3O3. The molecule has 0 fully saturated rings. The summed E-state index contributed by atoms with van der Waals surface area (Å²) in [5.41, 5.74) is 1.89. The highest BCUT2D eigenvalue weighted by atomic mass is 16.5. The zero-order valence-corrected chi connectivity index (χ0v) is 12.3. The fraction of sp³-hybridized carbons (Fsp3) is 0.333. The Bertz CT molecular complexity index is 576. The number of carbonyl (C=O) groups excluding carboxylic acids is 1. The average molecular weight is 289 g/mol. The summed E-state index contributed by atoms with van der Waals surface area (Å²) in [7, 11) is 1.57. The van der Waals surface area contributed by atoms with Gasteiger partial charge in [-0.3, -0.25) is 5.32 Å². The van der Waals surface area contributed by atoms with E-state index in [1.165, 1.54) is 0 Å². The van der Waals surface area contributed by atoms with Crippen LogP contribution in [-0.2, 0) is 4.74 Å². The third-order valence-corrected chi connectivity index (χ3v) is 2.86. The number of anilines is 1. The summed E-state index contributed by atoms with van der Waals surface area (Å²) in [6.45, 7) is 4.15. The topological polar surface area (TPSA) is 76.4 Å². The van der Waals surface area contributed by atoms with Gasteiger partial charge < -0.3 is 14.5 Å². The van der Waals surface area contributed by atoms with Gasteiger partial charge in [0.15, 0.2) is 0 Å². The highest BCUT2D eigenvalue weighted by molar-refractivity contribution is 5.88. The van der Waals surface area contributed by atoms with Crippen LogP contribution in [-0.4, -0.2) is 24.7 Å². The van der Waals surface area contributed by atoms with Gasteiger partial charge in [0, 0.05) is 12.8 Å². The third-order valence-electron chi connectivity index (χ3n) is 2.86. The van der Waals surface area contributed by atoms with Crippen LogP contribution in [0.15, 0.2) is 34.9 Å². The van der Waals surface area contributed by atoms with Gasteiger partial charge in [-0.05, 0) is 43.7 Å². The minimum atomic E-state index is -0.356. The Labute approximate surface area is 123 Å². The first-order chi connectivity index (χ1) is 10.1. The molecule has 0 aromatic carbocycles. The van der Waals surface area contributed by atoms with Crippen molar-refractivity contribution in [2.75, 3.05) is 19.0 Å². The Balaban J connectivity index is 2.02. The predicted octanol–water partition coefficient (Wildman–Crippen LogP) is 2.80. The lowest BCUT2D eigenvalue weighted by molar-refractivity contribution is 0.159. The molecule has 0 radical (unpaired) electrons. The largest absolute Gasteiger partial charge is 0.467 e. The number of urea groups is 1. The molecule has 0 aliphatic heterocycles. The zero-order valence-electron chi connectivity index (χ0n) is 12.3. The van der Waals surface area contributed by atoms with Crippen LogP contribution in [0.4, 0.5) is 10.6 Å². The number of pyridine rings is 1. The molecular weight excluding hydrogens is 270 g/mol. The quantitative estimate of drug-likeness (QED) is 0.887. The first-order valence-corrected chi connectivity index (χ1v) is 6.63. The highest BCUT2D eigenvalue weighted by Gasteiger charge is 2.17. The van der Waals surface area contributed by atoms with Crippen molar-refractivity contribution in [3.63, 3.8) is 0 Å². The maximum Gasteiger partial charge on any atom is 0.321 e. The molecule has 2 rings (SSSR count). The molecule has 2 N–H and O–H groups in total. The number of carbonyl (C=O) groups is 1. The van der Waals surface area contributed by atoms with Gasteiger partial charge in [0.05, 0.1) is 12.9 Å². The molecule has 6 nitrogen and oxygen atoms in total. The molecule has 0 saturated heterocycles. The molecule has 1 atom stereocenters. The van der Waals surface area contributed by atoms with E-state index in [9.17, 15) is 4.79 Å². The van der Waals surface area contributed by atoms with E-state index in [4.69, 9.17) is 9.15 Å². The lowest BCUT2D eigenvalue weighted by atomic mass is 10.2. The van der Waals surface area contributed by atoms with Gasteiger partial charge >= 0.3 is 6.03 Å². The number of hydrogen-bond acceptors (Lipinski definition) is 4. The summed E-state index contributed by atoms with van der Waals surface area (Å²) in [5.74, 6) is 1.15. The monoisotopic (exact) mass is 289 g/mol. The smallest absolute Gasteiger partial charge is 0.321 e. The number of aromatic nitrogens is 1. The van der Waals surface area contributed by atoms with Crippen molar-refractivity contribution in [3.8, 4) is 0 Å². The lowest BCUT2D eigenvalue weighted by Crippen LogP contribution is -2.34. The van der Waals surface area contributed by atoms with Gasteiger partial charge in [0.25, 0.3) is 0 Å². The number of amides is 2. The average Bonchev–Trinajstić information content (AvgIpc) is 2.90. The van der Waals surface area contributed by atoms with E-state index in [0.29, 0.717) is 18.2 Å². The van der Waals surface area contributed by atoms with Crippen LogP contribution in [0.25, 0.3) is 0 Å². The number of nitrogens with one attached hydrogen (secondary N) is 2. The predicted molar refractivity (Wildman–Crippen MR) is 79.2 cm³/mol. The van der Waals surface area contributed by atoms with Crippen molar-refractivity contribution in [2.24, 2.45) is 0 Å². The van der Waals surface area contributed by atoms with Crippen molar-refractivity contribution in [2.45, 2.75) is 19.9 Å². The van der Waals surface area contributed by atoms with E-state index < -0.39 is 0 Å². The van der Waals surface area contributed by atoms with Gasteiger partial charge in [0.2, 0.25) is 0 Å². The first kappa shape index (κ1) is 15.1. The van der Waals surface area contributed by atoms with E-state index in [1.807, 2.05) is 26.0 Å². The van der Waals surface area contributed by atoms with E-state index in [1.54, 1.807) is 25.5 Å². The molecule has 0 aliphatic carbocycles. The van der Waals surface area contributed by atoms with E-state index in [2.05, 4.69) is 15.6 Å². The molecule has 0 saturated carbocycles. The maximum absolute atomic E-state index is 12.1. The molecule has 112 valence electrons. The second kappa shape index (κ2) is 6.90. The second-order valence-electron chi connectivity index (χ2n) is 4.79. The third kappa shape index (κ3) is 4.32. The minimum absolute atomic E-state index is 0.321. The molecule has 2 heterocycles. The first-order valence-electron chi connectivity index (χ1n) is 6.63. The SMILES string of the molecule is COCC(NC(=O)Nc1cc(C)cc(C)n1)c1ccco1. The van der Waals surface area contributed by atoms with E-state index >= 15 is 0 Å². The van der Waals surface area contributed by atoms with Crippen LogP contribution >= 0.6 is 0 Å². The standard InChI is InChI=1S/C15H19N3O3/c1-10-7-11(2)16-14(8-10)18-15(19)17-12(9-20-3)13-5-4-6-21-13/h4-8,12H,9H2,1-3H3,(H2,16,17,18,19). The van der Waals surface area contributed by atoms with Crippen LogP contribution in [0.1, 0.15) is 23.1 Å². The second-order valence-corrected chi connectivity index (χ2v) is 4.79. The van der Waals surface area contributed by atoms with Gasteiger partial charge in [-0.15, -0.1) is 0 Å². The van der Waals surface area contributed by atoms with Gasteiger partial charge in [-0.1, -0.05) is 0 Å².